The summed E-state index contributed by atoms with van der Waals surface area (Å²) >= 11 is 0. The number of carboxylic acid groups (broad SMARTS) is 2. The van der Waals surface area contributed by atoms with E-state index < -0.39 is 96.5 Å². The Bertz CT molecular complexity index is 1100. The average molecular weight is 505 g/mol. The summed E-state index contributed by atoms with van der Waals surface area (Å²) in [5.41, 5.74) is 6.95. The van der Waals surface area contributed by atoms with E-state index in [0.717, 1.165) is 0 Å². The lowest BCUT2D eigenvalue weighted by molar-refractivity contribution is -0.149. The van der Waals surface area contributed by atoms with E-state index in [1.165, 1.54) is 0 Å². The molecule has 18 heteroatoms. The number of nitrogens with one attached hydrogen (secondary N) is 2. The summed E-state index contributed by atoms with van der Waals surface area (Å²) in [6, 6.07) is -3.57. The van der Waals surface area contributed by atoms with Crippen molar-refractivity contribution in [3.8, 4) is 0 Å². The van der Waals surface area contributed by atoms with Crippen LogP contribution in [0, 0.1) is 0 Å². The molecule has 0 bridgehead atoms. The average Bonchev–Trinajstić information content (AvgIpc) is 3.04. The number of aliphatic hydroxyl groups is 3. The van der Waals surface area contributed by atoms with Gasteiger partial charge in [-0.15, -0.1) is 0 Å². The highest BCUT2D eigenvalue weighted by molar-refractivity contribution is 5.87. The number of primary amides is 1. The third-order valence-corrected chi connectivity index (χ3v) is 4.92. The molecular weight excluding hydrogens is 482 g/mol. The number of aliphatic carboxylic acids is 1. The standard InChI is InChI=1S/C17H23N5O13/c18-6(1-4(23)3-34-16(19)32)12(27)20-7(15(30)31)10-8(24)9(25)13(35-10)22-2-5(14(28)29)11(26)21-17(22)33/h2,4,6-10,13,23-25H,1,3,18H2,(H2,19,32)(H,20,27)(H,28,29)(H,30,31)(H,21,26,33)/t4-,6+,7+,8+,9-,10?,13?/m1/s1. The molecule has 35 heavy (non-hydrogen) atoms. The lowest BCUT2D eigenvalue weighted by Gasteiger charge is -2.25. The highest BCUT2D eigenvalue weighted by Crippen LogP contribution is 2.30. The Hall–Kier alpha value is -3.84. The smallest absolute Gasteiger partial charge is 0.404 e. The second-order valence-electron chi connectivity index (χ2n) is 7.44. The number of aromatic amines is 1. The predicted molar refractivity (Wildman–Crippen MR) is 108 cm³/mol. The number of H-pyrrole nitrogens is 1. The highest BCUT2D eigenvalue weighted by atomic mass is 16.6. The maximum absolute atomic E-state index is 12.3. The maximum Gasteiger partial charge on any atom is 0.404 e. The SMILES string of the molecule is NC(=O)OC[C@H](O)C[C@H](N)C(=O)N[C@H](C(=O)O)C1OC(n2cc(C(=O)O)c(=O)[nH]c2=O)[C@H](O)[C@@H]1O. The molecule has 1 fully saturated rings. The molecule has 194 valence electrons. The number of amides is 2. The van der Waals surface area contributed by atoms with E-state index in [-0.39, 0.29) is 0 Å². The number of carbonyl (C=O) groups is 4. The molecule has 1 aromatic heterocycles. The fourth-order valence-corrected chi connectivity index (χ4v) is 3.21. The van der Waals surface area contributed by atoms with E-state index in [4.69, 9.17) is 21.3 Å². The van der Waals surface area contributed by atoms with E-state index in [1.54, 1.807) is 4.98 Å². The van der Waals surface area contributed by atoms with E-state index in [1.807, 2.05) is 5.32 Å². The van der Waals surface area contributed by atoms with E-state index in [2.05, 4.69) is 4.74 Å². The van der Waals surface area contributed by atoms with Crippen LogP contribution < -0.4 is 28.0 Å². The second-order valence-corrected chi connectivity index (χ2v) is 7.44. The normalized spacial score (nSPS) is 24.2. The van der Waals surface area contributed by atoms with Crippen molar-refractivity contribution in [1.82, 2.24) is 14.9 Å². The number of rotatable bonds is 10. The van der Waals surface area contributed by atoms with Crippen molar-refractivity contribution < 1.29 is 54.2 Å². The molecule has 2 amide bonds. The summed E-state index contributed by atoms with van der Waals surface area (Å²) in [5.74, 6) is -4.61. The molecule has 0 radical (unpaired) electrons. The van der Waals surface area contributed by atoms with Crippen LogP contribution in [0.2, 0.25) is 0 Å². The first-order valence-electron chi connectivity index (χ1n) is 9.74. The Labute approximate surface area is 193 Å². The Morgan fingerprint density at radius 2 is 1.83 bits per heavy atom. The van der Waals surface area contributed by atoms with Crippen molar-refractivity contribution in [2.24, 2.45) is 11.5 Å². The van der Waals surface area contributed by atoms with Gasteiger partial charge in [0.2, 0.25) is 5.91 Å². The van der Waals surface area contributed by atoms with Crippen LogP contribution in [0.25, 0.3) is 0 Å². The van der Waals surface area contributed by atoms with Crippen LogP contribution >= 0.6 is 0 Å². The van der Waals surface area contributed by atoms with Gasteiger partial charge in [0.15, 0.2) is 12.3 Å². The zero-order valence-electron chi connectivity index (χ0n) is 17.6. The molecule has 1 saturated heterocycles. The minimum atomic E-state index is -2.04. The van der Waals surface area contributed by atoms with Gasteiger partial charge in [0.05, 0.1) is 12.1 Å². The predicted octanol–water partition coefficient (Wildman–Crippen LogP) is -5.40. The maximum atomic E-state index is 12.3. The van der Waals surface area contributed by atoms with Crippen molar-refractivity contribution in [2.45, 2.75) is 49.1 Å². The number of hydrogen-bond acceptors (Lipinski definition) is 12. The molecule has 0 aromatic carbocycles. The molecule has 1 aromatic rings. The van der Waals surface area contributed by atoms with Gasteiger partial charge in [-0.3, -0.25) is 19.1 Å². The number of nitrogens with two attached hydrogens (primary N) is 2. The third-order valence-electron chi connectivity index (χ3n) is 4.92. The molecule has 18 nitrogen and oxygen atoms in total. The minimum absolute atomic E-state index is 0.431. The molecule has 0 aliphatic carbocycles. The van der Waals surface area contributed by atoms with Gasteiger partial charge in [-0.1, -0.05) is 0 Å². The highest BCUT2D eigenvalue weighted by Gasteiger charge is 2.50. The van der Waals surface area contributed by atoms with Crippen molar-refractivity contribution in [3.63, 3.8) is 0 Å². The first-order valence-corrected chi connectivity index (χ1v) is 9.74. The summed E-state index contributed by atoms with van der Waals surface area (Å²) in [6.07, 6.45) is -10.3. The van der Waals surface area contributed by atoms with Crippen LogP contribution in [-0.4, -0.2) is 102 Å². The Morgan fingerprint density at radius 1 is 1.20 bits per heavy atom. The van der Waals surface area contributed by atoms with Crippen molar-refractivity contribution in [1.29, 1.82) is 0 Å². The zero-order chi connectivity index (χ0) is 26.6. The number of carbonyl (C=O) groups excluding carboxylic acids is 2. The van der Waals surface area contributed by atoms with Crippen LogP contribution in [0.4, 0.5) is 4.79 Å². The first-order chi connectivity index (χ1) is 16.2. The van der Waals surface area contributed by atoms with Crippen LogP contribution in [0.3, 0.4) is 0 Å². The summed E-state index contributed by atoms with van der Waals surface area (Å²) in [7, 11) is 0. The Morgan fingerprint density at radius 3 is 2.37 bits per heavy atom. The van der Waals surface area contributed by atoms with Gasteiger partial charge in [0.25, 0.3) is 5.56 Å². The lowest BCUT2D eigenvalue weighted by atomic mass is 10.0. The van der Waals surface area contributed by atoms with Crippen LogP contribution in [0.5, 0.6) is 0 Å². The van der Waals surface area contributed by atoms with Gasteiger partial charge >= 0.3 is 23.7 Å². The Balaban J connectivity index is 2.21. The monoisotopic (exact) mass is 505 g/mol. The van der Waals surface area contributed by atoms with Crippen LogP contribution in [0.15, 0.2) is 15.8 Å². The quantitative estimate of drug-likeness (QED) is 0.143. The molecule has 0 spiro atoms. The largest absolute Gasteiger partial charge is 0.480 e. The van der Waals surface area contributed by atoms with Gasteiger partial charge in [-0.2, -0.15) is 0 Å². The first kappa shape index (κ1) is 27.4. The molecule has 2 unspecified atom stereocenters. The molecule has 2 heterocycles. The summed E-state index contributed by atoms with van der Waals surface area (Å²) in [4.78, 5) is 71.2. The van der Waals surface area contributed by atoms with E-state index >= 15 is 0 Å². The molecule has 1 aliphatic heterocycles. The van der Waals surface area contributed by atoms with Crippen LogP contribution in [-0.2, 0) is 19.1 Å². The zero-order valence-corrected chi connectivity index (χ0v) is 17.6. The molecular formula is C17H23N5O13. The molecule has 1 aliphatic rings. The van der Waals surface area contributed by atoms with Gasteiger partial charge in [0, 0.05) is 12.6 Å². The number of aromatic nitrogens is 2. The van der Waals surface area contributed by atoms with E-state index in [9.17, 15) is 49.2 Å². The van der Waals surface area contributed by atoms with Crippen LogP contribution in [0.1, 0.15) is 23.0 Å². The fourth-order valence-electron chi connectivity index (χ4n) is 3.21. The number of aliphatic hydroxyl groups excluding tert-OH is 3. The second kappa shape index (κ2) is 11.1. The third kappa shape index (κ3) is 6.39. The van der Waals surface area contributed by atoms with Gasteiger partial charge in [-0.25, -0.2) is 19.2 Å². The number of aromatic carboxylic acids is 1. The Kier molecular flexibility index (Phi) is 8.66. The fraction of sp³-hybridized carbons (Fsp3) is 0.529. The van der Waals surface area contributed by atoms with Crippen molar-refractivity contribution >= 4 is 23.9 Å². The molecule has 2 rings (SSSR count). The lowest BCUT2D eigenvalue weighted by Crippen LogP contribution is -2.56. The van der Waals surface area contributed by atoms with Gasteiger partial charge in [0.1, 0.15) is 30.5 Å². The molecule has 11 N–H and O–H groups in total. The summed E-state index contributed by atoms with van der Waals surface area (Å²) in [5, 5.41) is 50.9. The number of nitrogens with zero attached hydrogens (tertiary/aromatic N) is 1. The number of carboxylic acids is 2. The van der Waals surface area contributed by atoms with Gasteiger partial charge in [-0.05, 0) is 0 Å². The van der Waals surface area contributed by atoms with E-state index in [0.29, 0.717) is 10.8 Å². The molecule has 0 saturated carbocycles. The van der Waals surface area contributed by atoms with Crippen molar-refractivity contribution in [2.75, 3.05) is 6.61 Å². The summed E-state index contributed by atoms with van der Waals surface area (Å²) < 4.78 is 10.0. The minimum Gasteiger partial charge on any atom is -0.480 e. The van der Waals surface area contributed by atoms with Crippen molar-refractivity contribution in [3.05, 3.63) is 32.6 Å². The topological polar surface area (TPSA) is 307 Å². The number of hydrogen-bond donors (Lipinski definition) is 9. The molecule has 7 atom stereocenters. The van der Waals surface area contributed by atoms with Gasteiger partial charge < -0.3 is 51.8 Å². The number of ether oxygens (including phenoxy) is 2. The summed E-state index contributed by atoms with van der Waals surface area (Å²) in [6.45, 7) is -0.594.